The Morgan fingerprint density at radius 3 is 2.68 bits per heavy atom. The molecule has 3 aromatic rings. The lowest BCUT2D eigenvalue weighted by Crippen LogP contribution is -2.48. The molecule has 0 aliphatic carbocycles. The SMILES string of the molecule is CCCN(CC(=O)N1CCc2sccc2C1COc1ccc(C(C)C)cc1)C(=O)c1ccco1. The summed E-state index contributed by atoms with van der Waals surface area (Å²) in [6, 6.07) is 13.4. The van der Waals surface area contributed by atoms with Crippen molar-refractivity contribution in [3.05, 3.63) is 75.9 Å². The third-order valence-corrected chi connectivity index (χ3v) is 7.21. The summed E-state index contributed by atoms with van der Waals surface area (Å²) in [6.45, 7) is 7.82. The Bertz CT molecular complexity index is 1090. The van der Waals surface area contributed by atoms with E-state index in [2.05, 4.69) is 37.4 Å². The van der Waals surface area contributed by atoms with Crippen molar-refractivity contribution in [2.24, 2.45) is 0 Å². The first-order chi connectivity index (χ1) is 16.5. The molecule has 1 aliphatic rings. The van der Waals surface area contributed by atoms with E-state index in [9.17, 15) is 9.59 Å². The molecule has 0 saturated carbocycles. The molecule has 0 bridgehead atoms. The molecule has 1 atom stereocenters. The van der Waals surface area contributed by atoms with Crippen LogP contribution in [0.5, 0.6) is 5.75 Å². The number of furan rings is 1. The molecular weight excluding hydrogens is 448 g/mol. The highest BCUT2D eigenvalue weighted by Gasteiger charge is 2.33. The summed E-state index contributed by atoms with van der Waals surface area (Å²) in [5, 5.41) is 2.08. The van der Waals surface area contributed by atoms with Gasteiger partial charge in [-0.15, -0.1) is 11.3 Å². The fraction of sp³-hybridized carbons (Fsp3) is 0.407. The number of hydrogen-bond donors (Lipinski definition) is 0. The largest absolute Gasteiger partial charge is 0.491 e. The highest BCUT2D eigenvalue weighted by Crippen LogP contribution is 2.34. The fourth-order valence-electron chi connectivity index (χ4n) is 4.33. The van der Waals surface area contributed by atoms with E-state index in [-0.39, 0.29) is 30.2 Å². The van der Waals surface area contributed by atoms with Gasteiger partial charge in [0.2, 0.25) is 5.91 Å². The minimum absolute atomic E-state index is 0.0203. The molecule has 1 unspecified atom stereocenters. The number of benzene rings is 1. The Morgan fingerprint density at radius 2 is 2.00 bits per heavy atom. The van der Waals surface area contributed by atoms with Crippen LogP contribution in [0.3, 0.4) is 0 Å². The molecule has 3 heterocycles. The van der Waals surface area contributed by atoms with Crippen molar-refractivity contribution >= 4 is 23.2 Å². The van der Waals surface area contributed by atoms with Crippen LogP contribution in [0.1, 0.15) is 65.7 Å². The molecule has 1 aliphatic heterocycles. The van der Waals surface area contributed by atoms with Gasteiger partial charge in [-0.05, 0) is 65.6 Å². The molecule has 0 fully saturated rings. The van der Waals surface area contributed by atoms with Crippen LogP contribution in [-0.2, 0) is 11.2 Å². The number of thiophene rings is 1. The predicted molar refractivity (Wildman–Crippen MR) is 133 cm³/mol. The van der Waals surface area contributed by atoms with Gasteiger partial charge in [-0.1, -0.05) is 32.9 Å². The maximum absolute atomic E-state index is 13.5. The van der Waals surface area contributed by atoms with E-state index >= 15 is 0 Å². The third-order valence-electron chi connectivity index (χ3n) is 6.21. The summed E-state index contributed by atoms with van der Waals surface area (Å²) in [7, 11) is 0. The maximum atomic E-state index is 13.5. The molecule has 1 aromatic carbocycles. The van der Waals surface area contributed by atoms with Crippen LogP contribution < -0.4 is 4.74 Å². The summed E-state index contributed by atoms with van der Waals surface area (Å²) >= 11 is 1.72. The molecule has 2 aromatic heterocycles. The van der Waals surface area contributed by atoms with Crippen molar-refractivity contribution in [2.75, 3.05) is 26.2 Å². The van der Waals surface area contributed by atoms with Crippen molar-refractivity contribution in [1.29, 1.82) is 0 Å². The van der Waals surface area contributed by atoms with E-state index in [4.69, 9.17) is 9.15 Å². The van der Waals surface area contributed by atoms with Crippen LogP contribution in [0.2, 0.25) is 0 Å². The smallest absolute Gasteiger partial charge is 0.290 e. The molecule has 7 heteroatoms. The summed E-state index contributed by atoms with van der Waals surface area (Å²) in [5.74, 6) is 1.17. The lowest BCUT2D eigenvalue weighted by molar-refractivity contribution is -0.135. The van der Waals surface area contributed by atoms with Gasteiger partial charge in [0.05, 0.1) is 12.3 Å². The van der Waals surface area contributed by atoms with Crippen molar-refractivity contribution < 1.29 is 18.7 Å². The number of carbonyl (C=O) groups is 2. The second-order valence-corrected chi connectivity index (χ2v) is 9.89. The summed E-state index contributed by atoms with van der Waals surface area (Å²) in [6.07, 6.45) is 3.05. The number of ether oxygens (including phenoxy) is 1. The van der Waals surface area contributed by atoms with Crippen molar-refractivity contribution in [1.82, 2.24) is 9.80 Å². The average Bonchev–Trinajstić information content (AvgIpc) is 3.54. The Labute approximate surface area is 205 Å². The number of fused-ring (bicyclic) bond motifs is 1. The van der Waals surface area contributed by atoms with E-state index < -0.39 is 0 Å². The molecular formula is C27H32N2O4S. The van der Waals surface area contributed by atoms with E-state index in [1.54, 1.807) is 28.4 Å². The van der Waals surface area contributed by atoms with Gasteiger partial charge in [-0.3, -0.25) is 9.59 Å². The third kappa shape index (κ3) is 5.36. The minimum Gasteiger partial charge on any atom is -0.491 e. The van der Waals surface area contributed by atoms with E-state index in [1.807, 2.05) is 24.0 Å². The molecule has 2 amide bonds. The standard InChI is InChI=1S/C27H32N2O4S/c1-4-13-28(27(31)24-6-5-15-32-24)17-26(30)29-14-11-25-22(12-16-34-25)23(29)18-33-21-9-7-20(8-10-21)19(2)3/h5-10,12,15-16,19,23H,4,11,13-14,17-18H2,1-3H3. The molecule has 6 nitrogen and oxygen atoms in total. The highest BCUT2D eigenvalue weighted by molar-refractivity contribution is 7.10. The summed E-state index contributed by atoms with van der Waals surface area (Å²) < 4.78 is 11.4. The first-order valence-corrected chi connectivity index (χ1v) is 12.8. The second kappa shape index (κ2) is 10.9. The Morgan fingerprint density at radius 1 is 1.21 bits per heavy atom. The number of amides is 2. The number of rotatable bonds is 9. The van der Waals surface area contributed by atoms with Crippen LogP contribution in [0.15, 0.2) is 58.5 Å². The Kier molecular flexibility index (Phi) is 7.73. The highest BCUT2D eigenvalue weighted by atomic mass is 32.1. The predicted octanol–water partition coefficient (Wildman–Crippen LogP) is 5.52. The molecule has 180 valence electrons. The van der Waals surface area contributed by atoms with Crippen molar-refractivity contribution in [3.63, 3.8) is 0 Å². The Balaban J connectivity index is 1.49. The molecule has 0 saturated heterocycles. The van der Waals surface area contributed by atoms with Gasteiger partial charge in [0, 0.05) is 18.0 Å². The van der Waals surface area contributed by atoms with Gasteiger partial charge in [-0.2, -0.15) is 0 Å². The number of carbonyl (C=O) groups excluding carboxylic acids is 2. The average molecular weight is 481 g/mol. The quantitative estimate of drug-likeness (QED) is 0.404. The monoisotopic (exact) mass is 480 g/mol. The molecule has 34 heavy (non-hydrogen) atoms. The molecule has 0 N–H and O–H groups in total. The van der Waals surface area contributed by atoms with Gasteiger partial charge in [0.25, 0.3) is 5.91 Å². The van der Waals surface area contributed by atoms with Crippen LogP contribution in [-0.4, -0.2) is 47.9 Å². The summed E-state index contributed by atoms with van der Waals surface area (Å²) in [5.41, 5.74) is 2.40. The van der Waals surface area contributed by atoms with Crippen LogP contribution >= 0.6 is 11.3 Å². The lowest BCUT2D eigenvalue weighted by atomic mass is 10.00. The molecule has 4 rings (SSSR count). The number of nitrogens with zero attached hydrogens (tertiary/aromatic N) is 2. The zero-order valence-electron chi connectivity index (χ0n) is 20.0. The van der Waals surface area contributed by atoms with Crippen molar-refractivity contribution in [2.45, 2.75) is 45.6 Å². The number of hydrogen-bond acceptors (Lipinski definition) is 5. The topological polar surface area (TPSA) is 63.0 Å². The first kappa shape index (κ1) is 24.1. The van der Waals surface area contributed by atoms with E-state index in [1.165, 1.54) is 16.7 Å². The molecule has 0 spiro atoms. The van der Waals surface area contributed by atoms with Gasteiger partial charge in [-0.25, -0.2) is 0 Å². The zero-order valence-corrected chi connectivity index (χ0v) is 20.8. The van der Waals surface area contributed by atoms with Gasteiger partial charge < -0.3 is 19.0 Å². The Hall–Kier alpha value is -3.06. The van der Waals surface area contributed by atoms with Gasteiger partial charge >= 0.3 is 0 Å². The summed E-state index contributed by atoms with van der Waals surface area (Å²) in [4.78, 5) is 31.1. The van der Waals surface area contributed by atoms with Crippen LogP contribution in [0, 0.1) is 0 Å². The van der Waals surface area contributed by atoms with Gasteiger partial charge in [0.15, 0.2) is 5.76 Å². The van der Waals surface area contributed by atoms with Crippen LogP contribution in [0.25, 0.3) is 0 Å². The van der Waals surface area contributed by atoms with Crippen LogP contribution in [0.4, 0.5) is 0 Å². The fourth-order valence-corrected chi connectivity index (χ4v) is 5.26. The minimum atomic E-state index is -0.258. The second-order valence-electron chi connectivity index (χ2n) is 8.89. The van der Waals surface area contributed by atoms with Gasteiger partial charge in [0.1, 0.15) is 18.9 Å². The lowest BCUT2D eigenvalue weighted by Gasteiger charge is -2.37. The first-order valence-electron chi connectivity index (χ1n) is 11.9. The van der Waals surface area contributed by atoms with E-state index in [0.717, 1.165) is 24.2 Å². The maximum Gasteiger partial charge on any atom is 0.290 e. The molecule has 0 radical (unpaired) electrons. The van der Waals surface area contributed by atoms with E-state index in [0.29, 0.717) is 25.6 Å². The normalized spacial score (nSPS) is 15.3. The van der Waals surface area contributed by atoms with Crippen molar-refractivity contribution in [3.8, 4) is 5.75 Å². The zero-order chi connectivity index (χ0) is 24.1.